The lowest BCUT2D eigenvalue weighted by atomic mass is 9.98. The van der Waals surface area contributed by atoms with Gasteiger partial charge in [0.05, 0.1) is 10.2 Å². The smallest absolute Gasteiger partial charge is 0.247 e. The van der Waals surface area contributed by atoms with Gasteiger partial charge in [0.15, 0.2) is 0 Å². The largest absolute Gasteiger partial charge is 0.350 e. The predicted molar refractivity (Wildman–Crippen MR) is 130 cm³/mol. The van der Waals surface area contributed by atoms with Crippen molar-refractivity contribution >= 4 is 29.3 Å². The summed E-state index contributed by atoms with van der Waals surface area (Å²) >= 11 is 0. The van der Waals surface area contributed by atoms with Crippen LogP contribution in [0.3, 0.4) is 0 Å². The minimum absolute atomic E-state index is 0.0331. The normalized spacial score (nSPS) is 24.3. The molecule has 0 aromatic heterocycles. The zero-order valence-corrected chi connectivity index (χ0v) is 19.6. The van der Waals surface area contributed by atoms with Crippen molar-refractivity contribution in [3.05, 3.63) is 42.4 Å². The molecule has 4 atom stereocenters. The summed E-state index contributed by atoms with van der Waals surface area (Å²) in [5, 5.41) is 11.1. The van der Waals surface area contributed by atoms with Crippen LogP contribution < -0.4 is 21.3 Å². The van der Waals surface area contributed by atoms with Crippen LogP contribution in [0.2, 0.25) is 0 Å². The third-order valence-electron chi connectivity index (χ3n) is 6.55. The van der Waals surface area contributed by atoms with Crippen molar-refractivity contribution in [3.8, 4) is 0 Å². The SMILES string of the molecule is [2H]C([2H])=C([2H])C(=O)Nc1cccc(CNC(=O)[C@@H]2CC[C@@H]3CCCC[C@H](NC(=O)[C@H](C)NC)C(=O)N32)c1. The first-order chi connectivity index (χ1) is 17.6. The highest BCUT2D eigenvalue weighted by molar-refractivity contribution is 5.99. The van der Waals surface area contributed by atoms with E-state index in [1.165, 1.54) is 0 Å². The highest BCUT2D eigenvalue weighted by Gasteiger charge is 2.43. The van der Waals surface area contributed by atoms with E-state index in [0.717, 1.165) is 25.7 Å². The van der Waals surface area contributed by atoms with Gasteiger partial charge in [-0.15, -0.1) is 0 Å². The van der Waals surface area contributed by atoms with Crippen molar-refractivity contribution < 1.29 is 23.3 Å². The summed E-state index contributed by atoms with van der Waals surface area (Å²) in [5.41, 5.74) is 1.07. The molecule has 0 unspecified atom stereocenters. The summed E-state index contributed by atoms with van der Waals surface area (Å²) in [6, 6.07) is 4.18. The second-order valence-electron chi connectivity index (χ2n) is 8.85. The van der Waals surface area contributed by atoms with Gasteiger partial charge in [-0.25, -0.2) is 0 Å². The summed E-state index contributed by atoms with van der Waals surface area (Å²) in [6.07, 6.45) is 4.40. The van der Waals surface area contributed by atoms with Crippen LogP contribution >= 0.6 is 0 Å². The number of carbonyl (C=O) groups is 4. The number of rotatable bonds is 8. The Morgan fingerprint density at radius 2 is 2.06 bits per heavy atom. The van der Waals surface area contributed by atoms with Crippen LogP contribution in [0.25, 0.3) is 0 Å². The Morgan fingerprint density at radius 3 is 2.82 bits per heavy atom. The standard InChI is InChI=1S/C25H35N5O4/c1-4-22(31)28-18-9-7-8-17(14-18)15-27-24(33)21-13-12-19-10-5-6-11-20(25(34)30(19)21)29-23(32)16(2)26-3/h4,7-9,14,16,19-21,26H,1,5-6,10-13,15H2,2-3H3,(H,27,33)(H,28,31)(H,29,32)/t16-,19-,20-,21-/m0/s1/i1D2,4D. The van der Waals surface area contributed by atoms with Crippen molar-refractivity contribution in [2.24, 2.45) is 0 Å². The molecule has 184 valence electrons. The van der Waals surface area contributed by atoms with Crippen molar-refractivity contribution in [2.75, 3.05) is 12.4 Å². The van der Waals surface area contributed by atoms with Gasteiger partial charge in [-0.1, -0.05) is 31.5 Å². The molecule has 2 fully saturated rings. The molecular formula is C25H35N5O4. The highest BCUT2D eigenvalue weighted by atomic mass is 16.2. The third-order valence-corrected chi connectivity index (χ3v) is 6.55. The predicted octanol–water partition coefficient (Wildman–Crippen LogP) is 1.45. The molecule has 0 radical (unpaired) electrons. The number of hydrogen-bond donors (Lipinski definition) is 4. The summed E-state index contributed by atoms with van der Waals surface area (Å²) in [7, 11) is 1.68. The minimum Gasteiger partial charge on any atom is -0.350 e. The number of likely N-dealkylation sites (N-methyl/N-ethyl adjacent to an activating group) is 1. The Morgan fingerprint density at radius 1 is 1.26 bits per heavy atom. The highest BCUT2D eigenvalue weighted by Crippen LogP contribution is 2.31. The van der Waals surface area contributed by atoms with Crippen molar-refractivity contribution in [1.29, 1.82) is 0 Å². The molecule has 3 rings (SSSR count). The lowest BCUT2D eigenvalue weighted by Crippen LogP contribution is -2.57. The van der Waals surface area contributed by atoms with E-state index >= 15 is 0 Å². The molecule has 9 heteroatoms. The molecule has 0 spiro atoms. The Balaban J connectivity index is 1.66. The van der Waals surface area contributed by atoms with E-state index in [1.807, 2.05) is 0 Å². The van der Waals surface area contributed by atoms with Crippen molar-refractivity contribution in [3.63, 3.8) is 0 Å². The number of nitrogens with zero attached hydrogens (tertiary/aromatic N) is 1. The van der Waals surface area contributed by atoms with Crippen molar-refractivity contribution in [1.82, 2.24) is 20.9 Å². The second-order valence-corrected chi connectivity index (χ2v) is 8.85. The van der Waals surface area contributed by atoms with Crippen LogP contribution in [0.15, 0.2) is 36.8 Å². The molecule has 2 aliphatic heterocycles. The van der Waals surface area contributed by atoms with Gasteiger partial charge in [-0.05, 0) is 63.4 Å². The van der Waals surface area contributed by atoms with Crippen LogP contribution in [-0.2, 0) is 25.7 Å². The van der Waals surface area contributed by atoms with Crippen LogP contribution in [0.4, 0.5) is 5.69 Å². The number of benzene rings is 1. The van der Waals surface area contributed by atoms with E-state index in [9.17, 15) is 19.2 Å². The number of nitrogens with one attached hydrogen (secondary N) is 4. The molecule has 2 aliphatic rings. The third kappa shape index (κ3) is 6.22. The molecule has 0 bridgehead atoms. The van der Waals surface area contributed by atoms with Crippen LogP contribution in [-0.4, -0.2) is 59.7 Å². The summed E-state index contributed by atoms with van der Waals surface area (Å²) in [4.78, 5) is 52.7. The van der Waals surface area contributed by atoms with E-state index < -0.39 is 36.6 Å². The topological polar surface area (TPSA) is 120 Å². The Labute approximate surface area is 204 Å². The molecule has 2 heterocycles. The molecular weight excluding hydrogens is 434 g/mol. The van der Waals surface area contributed by atoms with Gasteiger partial charge in [0.2, 0.25) is 23.6 Å². The first kappa shape index (κ1) is 21.3. The molecule has 0 aliphatic carbocycles. The fourth-order valence-corrected chi connectivity index (χ4v) is 4.58. The van der Waals surface area contributed by atoms with Gasteiger partial charge in [0.1, 0.15) is 12.1 Å². The van der Waals surface area contributed by atoms with E-state index in [2.05, 4.69) is 21.3 Å². The molecule has 4 N–H and O–H groups in total. The molecule has 1 aromatic rings. The maximum atomic E-state index is 13.5. The Hall–Kier alpha value is -3.20. The first-order valence-corrected chi connectivity index (χ1v) is 11.7. The summed E-state index contributed by atoms with van der Waals surface area (Å²) in [5.74, 6) is -1.60. The molecule has 1 aromatic carbocycles. The van der Waals surface area contributed by atoms with E-state index in [1.54, 1.807) is 43.1 Å². The lowest BCUT2D eigenvalue weighted by molar-refractivity contribution is -0.144. The molecule has 2 saturated heterocycles. The van der Waals surface area contributed by atoms with Crippen molar-refractivity contribution in [2.45, 2.75) is 76.2 Å². The first-order valence-electron chi connectivity index (χ1n) is 13.2. The zero-order chi connectivity index (χ0) is 27.1. The Bertz CT molecular complexity index is 1060. The fourth-order valence-electron chi connectivity index (χ4n) is 4.58. The van der Waals surface area contributed by atoms with Gasteiger partial charge in [0.25, 0.3) is 0 Å². The van der Waals surface area contributed by atoms with Gasteiger partial charge in [-0.3, -0.25) is 19.2 Å². The van der Waals surface area contributed by atoms with Gasteiger partial charge >= 0.3 is 0 Å². The molecule has 34 heavy (non-hydrogen) atoms. The van der Waals surface area contributed by atoms with Gasteiger partial charge < -0.3 is 26.2 Å². The molecule has 9 nitrogen and oxygen atoms in total. The lowest BCUT2D eigenvalue weighted by Gasteiger charge is -2.35. The van der Waals surface area contributed by atoms with E-state index in [0.29, 0.717) is 24.1 Å². The number of amides is 4. The number of carbonyl (C=O) groups excluding carboxylic acids is 4. The maximum Gasteiger partial charge on any atom is 0.247 e. The monoisotopic (exact) mass is 472 g/mol. The van der Waals surface area contributed by atoms with Crippen LogP contribution in [0.1, 0.15) is 55.1 Å². The van der Waals surface area contributed by atoms with Crippen LogP contribution in [0.5, 0.6) is 0 Å². The van der Waals surface area contributed by atoms with Gasteiger partial charge in [-0.2, -0.15) is 0 Å². The molecule has 4 amide bonds. The Kier molecular flexibility index (Phi) is 7.40. The number of hydrogen-bond acceptors (Lipinski definition) is 5. The van der Waals surface area contributed by atoms with Crippen LogP contribution in [0, 0.1) is 0 Å². The number of fused-ring (bicyclic) bond motifs is 1. The average Bonchev–Trinajstić information content (AvgIpc) is 3.30. The zero-order valence-electron chi connectivity index (χ0n) is 22.6. The summed E-state index contributed by atoms with van der Waals surface area (Å²) < 4.78 is 21.6. The van der Waals surface area contributed by atoms with E-state index in [4.69, 9.17) is 4.11 Å². The second kappa shape index (κ2) is 11.8. The number of anilines is 1. The summed E-state index contributed by atoms with van der Waals surface area (Å²) in [6.45, 7) is 1.01. The van der Waals surface area contributed by atoms with E-state index in [-0.39, 0.29) is 30.3 Å². The average molecular weight is 473 g/mol. The minimum atomic E-state index is -0.882. The molecule has 0 saturated carbocycles. The quantitative estimate of drug-likeness (QED) is 0.427. The fraction of sp³-hybridized carbons (Fsp3) is 0.520. The maximum absolute atomic E-state index is 13.5. The van der Waals surface area contributed by atoms with Gasteiger partial charge in [0, 0.05) is 18.3 Å².